The van der Waals surface area contributed by atoms with Gasteiger partial charge in [-0.3, -0.25) is 9.59 Å². The van der Waals surface area contributed by atoms with Gasteiger partial charge in [-0.2, -0.15) is 9.78 Å². The topological polar surface area (TPSA) is 52.0 Å². The number of Topliss-reactive ketones (excluding diaryl/α,β-unsaturated/α-hetero) is 1. The van der Waals surface area contributed by atoms with Crippen LogP contribution >= 0.6 is 11.6 Å². The molecule has 4 nitrogen and oxygen atoms in total. The number of aryl methyl sites for hydroxylation is 1. The van der Waals surface area contributed by atoms with Crippen molar-refractivity contribution in [2.45, 2.75) is 20.8 Å². The minimum atomic E-state index is -0.423. The number of hydrogen-bond acceptors (Lipinski definition) is 3. The molecule has 0 aliphatic heterocycles. The van der Waals surface area contributed by atoms with E-state index in [1.807, 2.05) is 19.1 Å². The monoisotopic (exact) mass is 276 g/mol. The fourth-order valence-corrected chi connectivity index (χ4v) is 1.94. The average molecular weight is 277 g/mol. The van der Waals surface area contributed by atoms with Gasteiger partial charge in [0.15, 0.2) is 5.78 Å². The van der Waals surface area contributed by atoms with Crippen molar-refractivity contribution in [2.24, 2.45) is 0 Å². The Labute approximate surface area is 115 Å². The molecular formula is C14H13ClN2O2. The molecule has 0 saturated heterocycles. The van der Waals surface area contributed by atoms with E-state index in [0.717, 1.165) is 10.2 Å². The van der Waals surface area contributed by atoms with Gasteiger partial charge in [0.25, 0.3) is 5.56 Å². The maximum atomic E-state index is 12.1. The van der Waals surface area contributed by atoms with E-state index in [-0.39, 0.29) is 16.5 Å². The molecule has 0 spiro atoms. The van der Waals surface area contributed by atoms with Crippen LogP contribution in [0.5, 0.6) is 0 Å². The lowest BCUT2D eigenvalue weighted by Crippen LogP contribution is -2.25. The van der Waals surface area contributed by atoms with Gasteiger partial charge in [-0.05, 0) is 26.0 Å². The fraction of sp³-hybridized carbons (Fsp3) is 0.214. The summed E-state index contributed by atoms with van der Waals surface area (Å²) in [4.78, 5) is 23.6. The Morgan fingerprint density at radius 1 is 1.21 bits per heavy atom. The Hall–Kier alpha value is -1.94. The van der Waals surface area contributed by atoms with E-state index in [2.05, 4.69) is 5.10 Å². The maximum absolute atomic E-state index is 12.1. The van der Waals surface area contributed by atoms with E-state index in [1.165, 1.54) is 6.92 Å². The lowest BCUT2D eigenvalue weighted by Gasteiger charge is -2.09. The van der Waals surface area contributed by atoms with Crippen LogP contribution in [0.15, 0.2) is 29.1 Å². The molecule has 0 unspecified atom stereocenters. The smallest absolute Gasteiger partial charge is 0.290 e. The first-order valence-electron chi connectivity index (χ1n) is 5.79. The second-order valence-corrected chi connectivity index (χ2v) is 4.77. The van der Waals surface area contributed by atoms with Crippen molar-refractivity contribution in [1.29, 1.82) is 0 Å². The SMILES string of the molecule is CC(=O)c1nn(-c2ccc(C)cc2)c(=O)c(Cl)c1C. The third kappa shape index (κ3) is 2.44. The third-order valence-corrected chi connectivity index (χ3v) is 3.32. The van der Waals surface area contributed by atoms with Gasteiger partial charge in [-0.1, -0.05) is 29.3 Å². The van der Waals surface area contributed by atoms with Gasteiger partial charge in [0.2, 0.25) is 0 Å². The molecule has 1 aromatic heterocycles. The molecule has 2 aromatic rings. The third-order valence-electron chi connectivity index (χ3n) is 2.88. The lowest BCUT2D eigenvalue weighted by atomic mass is 10.2. The summed E-state index contributed by atoms with van der Waals surface area (Å²) in [6.07, 6.45) is 0. The van der Waals surface area contributed by atoms with Gasteiger partial charge in [-0.15, -0.1) is 0 Å². The molecule has 19 heavy (non-hydrogen) atoms. The Morgan fingerprint density at radius 3 is 2.32 bits per heavy atom. The Bertz CT molecular complexity index is 703. The number of carbonyl (C=O) groups excluding carboxylic acids is 1. The number of nitrogens with zero attached hydrogens (tertiary/aromatic N) is 2. The molecule has 0 radical (unpaired) electrons. The van der Waals surface area contributed by atoms with Crippen LogP contribution < -0.4 is 5.56 Å². The van der Waals surface area contributed by atoms with Gasteiger partial charge in [0.05, 0.1) is 5.69 Å². The summed E-state index contributed by atoms with van der Waals surface area (Å²) in [5.41, 5.74) is 1.86. The first-order chi connectivity index (χ1) is 8.91. The van der Waals surface area contributed by atoms with Crippen molar-refractivity contribution in [3.63, 3.8) is 0 Å². The van der Waals surface area contributed by atoms with Crippen LogP contribution in [0.2, 0.25) is 5.02 Å². The summed E-state index contributed by atoms with van der Waals surface area (Å²) in [6, 6.07) is 7.26. The standard InChI is InChI=1S/C14H13ClN2O2/c1-8-4-6-11(7-5-8)17-14(19)12(15)9(2)13(16-17)10(3)18/h4-7H,1-3H3. The van der Waals surface area contributed by atoms with Gasteiger partial charge >= 0.3 is 0 Å². The predicted octanol–water partition coefficient (Wildman–Crippen LogP) is 2.71. The molecule has 1 heterocycles. The lowest BCUT2D eigenvalue weighted by molar-refractivity contribution is 0.101. The minimum Gasteiger partial charge on any atom is -0.293 e. The number of ketones is 1. The van der Waals surface area contributed by atoms with E-state index in [0.29, 0.717) is 11.3 Å². The molecule has 1 aromatic carbocycles. The summed E-state index contributed by atoms with van der Waals surface area (Å²) < 4.78 is 1.16. The van der Waals surface area contributed by atoms with Gasteiger partial charge in [0, 0.05) is 12.5 Å². The molecular weight excluding hydrogens is 264 g/mol. The van der Waals surface area contributed by atoms with Crippen LogP contribution in [0.25, 0.3) is 5.69 Å². The van der Waals surface area contributed by atoms with Crippen LogP contribution in [-0.2, 0) is 0 Å². The highest BCUT2D eigenvalue weighted by Gasteiger charge is 2.16. The number of aromatic nitrogens is 2. The summed E-state index contributed by atoms with van der Waals surface area (Å²) >= 11 is 5.99. The van der Waals surface area contributed by atoms with Crippen molar-refractivity contribution in [2.75, 3.05) is 0 Å². The summed E-state index contributed by atoms with van der Waals surface area (Å²) in [6.45, 7) is 4.96. The Kier molecular flexibility index (Phi) is 3.53. The second-order valence-electron chi connectivity index (χ2n) is 4.40. The number of rotatable bonds is 2. The van der Waals surface area contributed by atoms with E-state index in [4.69, 9.17) is 11.6 Å². The Balaban J connectivity index is 2.74. The van der Waals surface area contributed by atoms with Crippen LogP contribution in [0.1, 0.15) is 28.5 Å². The highest BCUT2D eigenvalue weighted by Crippen LogP contribution is 2.15. The number of benzene rings is 1. The highest BCUT2D eigenvalue weighted by molar-refractivity contribution is 6.31. The second kappa shape index (κ2) is 4.97. The van der Waals surface area contributed by atoms with Crippen molar-refractivity contribution in [1.82, 2.24) is 9.78 Å². The summed E-state index contributed by atoms with van der Waals surface area (Å²) in [5.74, 6) is -0.222. The van der Waals surface area contributed by atoms with Crippen LogP contribution in [0, 0.1) is 13.8 Å². The molecule has 0 aliphatic rings. The number of carbonyl (C=O) groups is 1. The molecule has 5 heteroatoms. The van der Waals surface area contributed by atoms with Crippen LogP contribution in [0.4, 0.5) is 0 Å². The van der Waals surface area contributed by atoms with Crippen LogP contribution in [0.3, 0.4) is 0 Å². The molecule has 0 N–H and O–H groups in total. The molecule has 0 saturated carbocycles. The average Bonchev–Trinajstić information content (AvgIpc) is 2.37. The fourth-order valence-electron chi connectivity index (χ4n) is 1.77. The maximum Gasteiger partial charge on any atom is 0.290 e. The molecule has 0 amide bonds. The van der Waals surface area contributed by atoms with Crippen molar-refractivity contribution in [3.05, 3.63) is 56.5 Å². The molecule has 0 aliphatic carbocycles. The zero-order chi connectivity index (χ0) is 14.2. The number of halogens is 1. The van der Waals surface area contributed by atoms with E-state index < -0.39 is 5.56 Å². The number of hydrogen-bond donors (Lipinski definition) is 0. The van der Waals surface area contributed by atoms with Crippen molar-refractivity contribution in [3.8, 4) is 5.69 Å². The first-order valence-corrected chi connectivity index (χ1v) is 6.17. The van der Waals surface area contributed by atoms with Crippen molar-refractivity contribution < 1.29 is 4.79 Å². The largest absolute Gasteiger partial charge is 0.293 e. The highest BCUT2D eigenvalue weighted by atomic mass is 35.5. The predicted molar refractivity (Wildman–Crippen MR) is 74.3 cm³/mol. The van der Waals surface area contributed by atoms with Gasteiger partial charge < -0.3 is 0 Å². The summed E-state index contributed by atoms with van der Waals surface area (Å²) in [5, 5.41) is 4.13. The molecule has 2 rings (SSSR count). The molecule has 0 fully saturated rings. The van der Waals surface area contributed by atoms with Gasteiger partial charge in [-0.25, -0.2) is 0 Å². The Morgan fingerprint density at radius 2 is 1.79 bits per heavy atom. The zero-order valence-corrected chi connectivity index (χ0v) is 11.7. The van der Waals surface area contributed by atoms with E-state index in [9.17, 15) is 9.59 Å². The molecule has 0 atom stereocenters. The molecule has 98 valence electrons. The van der Waals surface area contributed by atoms with Crippen LogP contribution in [-0.4, -0.2) is 15.6 Å². The summed E-state index contributed by atoms with van der Waals surface area (Å²) in [7, 11) is 0. The quantitative estimate of drug-likeness (QED) is 0.793. The minimum absolute atomic E-state index is 0.0285. The zero-order valence-electron chi connectivity index (χ0n) is 10.9. The normalized spacial score (nSPS) is 10.5. The molecule has 0 bridgehead atoms. The van der Waals surface area contributed by atoms with E-state index in [1.54, 1.807) is 19.1 Å². The first kappa shape index (κ1) is 13.5. The van der Waals surface area contributed by atoms with Gasteiger partial charge in [0.1, 0.15) is 10.7 Å². The van der Waals surface area contributed by atoms with Crippen molar-refractivity contribution >= 4 is 17.4 Å². The van der Waals surface area contributed by atoms with E-state index >= 15 is 0 Å².